The summed E-state index contributed by atoms with van der Waals surface area (Å²) in [5.74, 6) is -0.996. The zero-order chi connectivity index (χ0) is 17.7. The Balaban J connectivity index is 2.20. The summed E-state index contributed by atoms with van der Waals surface area (Å²) in [7, 11) is 0. The molecular formula is C17H13NO6. The van der Waals surface area contributed by atoms with Gasteiger partial charge in [-0.2, -0.15) is 0 Å². The fraction of sp³-hybridized carbons (Fsp3) is 0.0588. The monoisotopic (exact) mass is 327 g/mol. The van der Waals surface area contributed by atoms with Crippen molar-refractivity contribution in [2.75, 3.05) is 0 Å². The summed E-state index contributed by atoms with van der Waals surface area (Å²) < 4.78 is 4.76. The minimum absolute atomic E-state index is 0.0645. The van der Waals surface area contributed by atoms with E-state index in [1.807, 2.05) is 0 Å². The van der Waals surface area contributed by atoms with Gasteiger partial charge in [-0.15, -0.1) is 0 Å². The Hall–Kier alpha value is -3.48. The average Bonchev–Trinajstić information content (AvgIpc) is 2.50. The third kappa shape index (κ3) is 3.83. The van der Waals surface area contributed by atoms with Crippen molar-refractivity contribution in [2.24, 2.45) is 0 Å². The summed E-state index contributed by atoms with van der Waals surface area (Å²) >= 11 is 0. The van der Waals surface area contributed by atoms with E-state index in [-0.39, 0.29) is 11.4 Å². The molecule has 0 radical (unpaired) electrons. The molecule has 0 aliphatic heterocycles. The molecule has 0 fully saturated rings. The van der Waals surface area contributed by atoms with Crippen LogP contribution in [0, 0.1) is 17.0 Å². The molecule has 0 bridgehead atoms. The average molecular weight is 327 g/mol. The molecule has 7 heteroatoms. The lowest BCUT2D eigenvalue weighted by Crippen LogP contribution is -2.12. The summed E-state index contributed by atoms with van der Waals surface area (Å²) in [6, 6.07) is 7.30. The molecule has 1 aromatic carbocycles. The number of hydrogen-bond donors (Lipinski definition) is 1. The van der Waals surface area contributed by atoms with E-state index >= 15 is 0 Å². The Kier molecular flexibility index (Phi) is 5.06. The van der Waals surface area contributed by atoms with Gasteiger partial charge in [-0.1, -0.05) is 24.3 Å². The highest BCUT2D eigenvalue weighted by Crippen LogP contribution is 2.19. The van der Waals surface area contributed by atoms with Crippen molar-refractivity contribution >= 4 is 17.5 Å². The number of nitro groups is 1. The number of rotatable bonds is 5. The van der Waals surface area contributed by atoms with Gasteiger partial charge in [0, 0.05) is 12.1 Å². The number of hydrogen-bond acceptors (Lipinski definition) is 6. The van der Waals surface area contributed by atoms with Crippen molar-refractivity contribution in [3.63, 3.8) is 0 Å². The van der Waals surface area contributed by atoms with Gasteiger partial charge in [0.1, 0.15) is 17.1 Å². The number of nitro benzene ring substituents is 1. The molecule has 122 valence electrons. The highest BCUT2D eigenvalue weighted by Gasteiger charge is 2.15. The van der Waals surface area contributed by atoms with Gasteiger partial charge in [0.05, 0.1) is 10.5 Å². The summed E-state index contributed by atoms with van der Waals surface area (Å²) in [6.07, 6.45) is 5.26. The molecule has 24 heavy (non-hydrogen) atoms. The number of para-hydroxylation sites is 1. The van der Waals surface area contributed by atoms with E-state index < -0.39 is 27.6 Å². The molecule has 0 aliphatic carbocycles. The Bertz CT molecular complexity index is 908. The fourth-order valence-electron chi connectivity index (χ4n) is 2.00. The molecular weight excluding hydrogens is 314 g/mol. The number of benzene rings is 1. The van der Waals surface area contributed by atoms with Crippen molar-refractivity contribution in [1.82, 2.24) is 0 Å². The fourth-order valence-corrected chi connectivity index (χ4v) is 2.00. The Labute approximate surface area is 136 Å². The van der Waals surface area contributed by atoms with Gasteiger partial charge in [-0.05, 0) is 25.1 Å². The van der Waals surface area contributed by atoms with E-state index in [0.29, 0.717) is 5.56 Å². The first-order chi connectivity index (χ1) is 11.4. The zero-order valence-corrected chi connectivity index (χ0v) is 12.6. The lowest BCUT2D eigenvalue weighted by atomic mass is 10.1. The summed E-state index contributed by atoms with van der Waals surface area (Å²) in [6.45, 7) is 1.47. The van der Waals surface area contributed by atoms with Gasteiger partial charge < -0.3 is 9.52 Å². The zero-order valence-electron chi connectivity index (χ0n) is 12.6. The first kappa shape index (κ1) is 16.9. The minimum Gasteiger partial charge on any atom is -0.507 e. The second-order valence-corrected chi connectivity index (χ2v) is 4.80. The van der Waals surface area contributed by atoms with E-state index in [9.17, 15) is 24.8 Å². The number of carbonyl (C=O) groups is 1. The van der Waals surface area contributed by atoms with Crippen LogP contribution in [-0.2, 0) is 0 Å². The SMILES string of the molecule is Cc1cc(O)c(C(=O)/C=C/C=C/c2ccccc2[N+](=O)[O-])c(=O)o1. The highest BCUT2D eigenvalue weighted by atomic mass is 16.6. The second kappa shape index (κ2) is 7.19. The molecule has 0 unspecified atom stereocenters. The van der Waals surface area contributed by atoms with Crippen LogP contribution in [0.4, 0.5) is 5.69 Å². The van der Waals surface area contributed by atoms with Crippen LogP contribution in [0.15, 0.2) is 57.8 Å². The Morgan fingerprint density at radius 2 is 2.00 bits per heavy atom. The van der Waals surface area contributed by atoms with Crippen molar-refractivity contribution < 1.29 is 19.2 Å². The number of aryl methyl sites for hydroxylation is 1. The summed E-state index contributed by atoms with van der Waals surface area (Å²) in [5.41, 5.74) is -1.08. The van der Waals surface area contributed by atoms with Crippen molar-refractivity contribution in [3.05, 3.63) is 86.0 Å². The van der Waals surface area contributed by atoms with Crippen LogP contribution in [0.2, 0.25) is 0 Å². The summed E-state index contributed by atoms with van der Waals surface area (Å²) in [5, 5.41) is 20.5. The van der Waals surface area contributed by atoms with Crippen LogP contribution in [0.1, 0.15) is 21.7 Å². The van der Waals surface area contributed by atoms with E-state index in [2.05, 4.69) is 0 Å². The highest BCUT2D eigenvalue weighted by molar-refractivity contribution is 6.06. The number of allylic oxidation sites excluding steroid dienone is 3. The van der Waals surface area contributed by atoms with Crippen molar-refractivity contribution in [1.29, 1.82) is 0 Å². The second-order valence-electron chi connectivity index (χ2n) is 4.80. The van der Waals surface area contributed by atoms with Gasteiger partial charge >= 0.3 is 5.63 Å². The van der Waals surface area contributed by atoms with Crippen LogP contribution in [-0.4, -0.2) is 15.8 Å². The van der Waals surface area contributed by atoms with Crippen molar-refractivity contribution in [2.45, 2.75) is 6.92 Å². The van der Waals surface area contributed by atoms with E-state index in [1.165, 1.54) is 37.3 Å². The normalized spacial score (nSPS) is 11.2. The molecule has 0 amide bonds. The molecule has 1 heterocycles. The summed E-state index contributed by atoms with van der Waals surface area (Å²) in [4.78, 5) is 33.9. The van der Waals surface area contributed by atoms with Crippen molar-refractivity contribution in [3.8, 4) is 5.75 Å². The predicted octanol–water partition coefficient (Wildman–Crippen LogP) is 3.01. The molecule has 0 spiro atoms. The van der Waals surface area contributed by atoms with Crippen LogP contribution >= 0.6 is 0 Å². The van der Waals surface area contributed by atoms with Crippen LogP contribution in [0.3, 0.4) is 0 Å². The predicted molar refractivity (Wildman–Crippen MR) is 87.0 cm³/mol. The maximum Gasteiger partial charge on any atom is 0.351 e. The van der Waals surface area contributed by atoms with Crippen LogP contribution in [0.25, 0.3) is 6.08 Å². The number of nitrogens with zero attached hydrogens (tertiary/aromatic N) is 1. The van der Waals surface area contributed by atoms with Gasteiger partial charge in [-0.25, -0.2) is 4.79 Å². The molecule has 0 saturated heterocycles. The molecule has 2 rings (SSSR count). The Morgan fingerprint density at radius 3 is 2.67 bits per heavy atom. The van der Waals surface area contributed by atoms with E-state index in [4.69, 9.17) is 4.42 Å². The molecule has 0 aliphatic rings. The largest absolute Gasteiger partial charge is 0.507 e. The van der Waals surface area contributed by atoms with Crippen LogP contribution in [0.5, 0.6) is 5.75 Å². The first-order valence-corrected chi connectivity index (χ1v) is 6.86. The molecule has 0 atom stereocenters. The molecule has 2 aromatic rings. The minimum atomic E-state index is -0.926. The quantitative estimate of drug-likeness (QED) is 0.297. The smallest absolute Gasteiger partial charge is 0.351 e. The van der Waals surface area contributed by atoms with Gasteiger partial charge in [0.15, 0.2) is 5.78 Å². The van der Waals surface area contributed by atoms with E-state index in [0.717, 1.165) is 6.08 Å². The lowest BCUT2D eigenvalue weighted by molar-refractivity contribution is -0.385. The van der Waals surface area contributed by atoms with E-state index in [1.54, 1.807) is 18.2 Å². The molecule has 1 N–H and O–H groups in total. The standard InChI is InChI=1S/C17H13NO6/c1-11-10-15(20)16(17(21)24-11)14(19)9-5-3-7-12-6-2-4-8-13(12)18(22)23/h2-10,20H,1H3/b7-3+,9-5+. The topological polar surface area (TPSA) is 111 Å². The van der Waals surface area contributed by atoms with Gasteiger partial charge in [-0.3, -0.25) is 14.9 Å². The van der Waals surface area contributed by atoms with Gasteiger partial charge in [0.25, 0.3) is 5.69 Å². The molecule has 1 aromatic heterocycles. The molecule has 7 nitrogen and oxygen atoms in total. The maximum absolute atomic E-state index is 11.9. The number of aromatic hydroxyl groups is 1. The van der Waals surface area contributed by atoms with Crippen LogP contribution < -0.4 is 5.63 Å². The maximum atomic E-state index is 11.9. The third-order valence-electron chi connectivity index (χ3n) is 3.07. The number of ketones is 1. The van der Waals surface area contributed by atoms with Gasteiger partial charge in [0.2, 0.25) is 0 Å². The lowest BCUT2D eigenvalue weighted by Gasteiger charge is -1.99. The number of carbonyl (C=O) groups excluding carboxylic acids is 1. The first-order valence-electron chi connectivity index (χ1n) is 6.86. The Morgan fingerprint density at radius 1 is 1.29 bits per heavy atom. The molecule has 0 saturated carbocycles. The third-order valence-corrected chi connectivity index (χ3v) is 3.07.